The Hall–Kier alpha value is 0.0130. The molecule has 0 fully saturated rings. The van der Waals surface area contributed by atoms with Crippen LogP contribution in [0.3, 0.4) is 0 Å². The zero-order chi connectivity index (χ0) is 35.3. The van der Waals surface area contributed by atoms with Gasteiger partial charge in [0.25, 0.3) is 0 Å². The zero-order valence-electron chi connectivity index (χ0n) is 28.8. The number of unbranched alkanes of at least 4 members (excludes halogenated alkanes) is 6. The van der Waals surface area contributed by atoms with Gasteiger partial charge in [-0.2, -0.15) is 0 Å². The van der Waals surface area contributed by atoms with E-state index in [0.29, 0.717) is 0 Å². The van der Waals surface area contributed by atoms with Crippen LogP contribution in [0.1, 0.15) is 119 Å². The molecule has 0 bridgehead atoms. The van der Waals surface area contributed by atoms with E-state index in [4.69, 9.17) is 0 Å². The fraction of sp³-hybridized carbons (Fsp3) is 0.844. The molecular formula is C32H58F9GeHfN3. The van der Waals surface area contributed by atoms with Gasteiger partial charge in [0, 0.05) is 0 Å². The molecule has 1 aromatic carbocycles. The van der Waals surface area contributed by atoms with E-state index in [2.05, 4.69) is 57.5 Å². The molecule has 0 aliphatic rings. The van der Waals surface area contributed by atoms with Crippen molar-refractivity contribution in [3.63, 3.8) is 0 Å². The van der Waals surface area contributed by atoms with Crippen molar-refractivity contribution >= 4 is 17.7 Å². The van der Waals surface area contributed by atoms with E-state index in [1.807, 2.05) is 0 Å². The molecule has 0 N–H and O–H groups in total. The summed E-state index contributed by atoms with van der Waals surface area (Å²) in [6, 6.07) is 1.90. The summed E-state index contributed by atoms with van der Waals surface area (Å²) in [5.74, 6) is 0. The van der Waals surface area contributed by atoms with Crippen LogP contribution >= 0.6 is 0 Å². The molecule has 272 valence electrons. The summed E-state index contributed by atoms with van der Waals surface area (Å²) in [4.78, 5) is 0. The molecule has 0 saturated carbocycles. The summed E-state index contributed by atoms with van der Waals surface area (Å²) in [5, 5.41) is -6.02. The smallest absolute Gasteiger partial charge is 4.00 e. The molecule has 0 amide bonds. The van der Waals surface area contributed by atoms with Gasteiger partial charge in [0.05, 0.1) is 0 Å². The van der Waals surface area contributed by atoms with Gasteiger partial charge in [-0.3, -0.25) is 0 Å². The molecule has 0 atom stereocenters. The number of hydrogen-bond donors (Lipinski definition) is 0. The van der Waals surface area contributed by atoms with Gasteiger partial charge in [0.2, 0.25) is 0 Å². The molecular weight excluding hydrogens is 848 g/mol. The predicted molar refractivity (Wildman–Crippen MR) is 174 cm³/mol. The Balaban J connectivity index is -0.000000271. The third kappa shape index (κ3) is 24.2. The second kappa shape index (κ2) is 32.2. The molecule has 0 saturated heterocycles. The topological polar surface area (TPSA) is 42.3 Å². The maximum absolute atomic E-state index is 12.6. The third-order valence-electron chi connectivity index (χ3n) is 6.39. The Morgan fingerprint density at radius 1 is 0.435 bits per heavy atom. The fourth-order valence-electron chi connectivity index (χ4n) is 3.55. The Kier molecular flexibility index (Phi) is 37.0. The van der Waals surface area contributed by atoms with Crippen molar-refractivity contribution in [3.8, 4) is 0 Å². The van der Waals surface area contributed by atoms with E-state index in [1.54, 1.807) is 0 Å². The van der Waals surface area contributed by atoms with Gasteiger partial charge in [-0.05, 0) is 0 Å². The Morgan fingerprint density at radius 3 is 0.783 bits per heavy atom. The van der Waals surface area contributed by atoms with Gasteiger partial charge >= 0.3 is 122 Å². The van der Waals surface area contributed by atoms with E-state index >= 15 is 0 Å². The van der Waals surface area contributed by atoms with Crippen molar-refractivity contribution in [2.75, 3.05) is 39.3 Å². The molecule has 1 aromatic rings. The van der Waals surface area contributed by atoms with Gasteiger partial charge in [0.1, 0.15) is 0 Å². The molecule has 46 heavy (non-hydrogen) atoms. The molecule has 3 nitrogen and oxygen atoms in total. The largest absolute Gasteiger partial charge is 4.00 e. The number of halogens is 9. The van der Waals surface area contributed by atoms with Gasteiger partial charge in [-0.1, -0.05) is 119 Å². The number of hydrogen-bond acceptors (Lipinski definition) is 0. The minimum Gasteiger partial charge on any atom is 4.00 e. The van der Waals surface area contributed by atoms with E-state index in [-0.39, 0.29) is 38.0 Å². The molecule has 0 aliphatic carbocycles. The van der Waals surface area contributed by atoms with E-state index in [0.717, 1.165) is 51.4 Å². The molecule has 1 rings (SSSR count). The van der Waals surface area contributed by atoms with Crippen LogP contribution in [-0.4, -0.2) is 67.6 Å². The van der Waals surface area contributed by atoms with Crippen LogP contribution in [0.25, 0.3) is 16.0 Å². The van der Waals surface area contributed by atoms with E-state index in [1.165, 1.54) is 77.0 Å². The monoisotopic (exact) mass is 909 g/mol. The first-order chi connectivity index (χ1) is 21.1. The van der Waals surface area contributed by atoms with Crippen LogP contribution < -0.4 is 4.40 Å². The molecule has 0 aliphatic heterocycles. The molecule has 0 spiro atoms. The van der Waals surface area contributed by atoms with Crippen molar-refractivity contribution in [2.24, 2.45) is 0 Å². The number of rotatable bonds is 19. The predicted octanol–water partition coefficient (Wildman–Crippen LogP) is 12.2. The molecule has 0 heterocycles. The minimum atomic E-state index is -8.38. The van der Waals surface area contributed by atoms with E-state index < -0.39 is 32.7 Å². The standard InChI is InChI=1S/C8H4F9Ge.3C8H18N.Hf/c9-6(10,11)18(7(12,13)14,8(15,16)17)5-3-1-2-4-5;3*1-3-5-7-9-8-6-4-2;/h1-4H;3*3-8H2,1-2H3;/q4*-1;+4. The maximum atomic E-state index is 12.6. The SMILES string of the molecule is CCCC[N-]CCCC.CCCC[N-]CCCC.CCCC[N-]CCCC.F[C](F)(F)[Ge]([c-]1cccc1)([C](F)(F)F)[C](F)(F)F.[Hf+4]. The van der Waals surface area contributed by atoms with Crippen LogP contribution in [0.5, 0.6) is 0 Å². The third-order valence-corrected chi connectivity index (χ3v) is 14.3. The van der Waals surface area contributed by atoms with Crippen LogP contribution in [-0.2, 0) is 25.8 Å². The van der Waals surface area contributed by atoms with Crippen molar-refractivity contribution in [1.82, 2.24) is 0 Å². The molecule has 0 radical (unpaired) electrons. The van der Waals surface area contributed by atoms with Gasteiger partial charge in [-0.15, -0.1) is 39.3 Å². The second-order valence-corrected chi connectivity index (χ2v) is 18.5. The second-order valence-electron chi connectivity index (χ2n) is 10.6. The Morgan fingerprint density at radius 2 is 0.630 bits per heavy atom. The van der Waals surface area contributed by atoms with Gasteiger partial charge in [0.15, 0.2) is 0 Å². The fourth-order valence-corrected chi connectivity index (χ4v) is 9.09. The summed E-state index contributed by atoms with van der Waals surface area (Å²) in [7, 11) is 0. The molecule has 0 unspecified atom stereocenters. The van der Waals surface area contributed by atoms with Crippen molar-refractivity contribution in [1.29, 1.82) is 0 Å². The first kappa shape index (κ1) is 52.8. The quantitative estimate of drug-likeness (QED) is 0.0575. The Bertz CT molecular complexity index is 643. The number of alkyl halides is 9. The van der Waals surface area contributed by atoms with Gasteiger partial charge < -0.3 is 16.0 Å². The van der Waals surface area contributed by atoms with Crippen LogP contribution in [0.15, 0.2) is 24.3 Å². The zero-order valence-corrected chi connectivity index (χ0v) is 34.5. The molecule has 0 aromatic heterocycles. The first-order valence-corrected chi connectivity index (χ1v) is 20.6. The van der Waals surface area contributed by atoms with E-state index in [9.17, 15) is 39.5 Å². The van der Waals surface area contributed by atoms with Crippen molar-refractivity contribution < 1.29 is 65.4 Å². The van der Waals surface area contributed by atoms with Crippen LogP contribution in [0.4, 0.5) is 39.5 Å². The van der Waals surface area contributed by atoms with Crippen molar-refractivity contribution in [3.05, 3.63) is 40.2 Å². The maximum Gasteiger partial charge on any atom is 4.00 e. The summed E-state index contributed by atoms with van der Waals surface area (Å²) >= 11 is -8.38. The van der Waals surface area contributed by atoms with Crippen molar-refractivity contribution in [2.45, 2.75) is 134 Å². The average molecular weight is 907 g/mol. The summed E-state index contributed by atoms with van der Waals surface area (Å²) in [5.41, 5.74) is 0. The van der Waals surface area contributed by atoms with Crippen LogP contribution in [0, 0.1) is 0 Å². The van der Waals surface area contributed by atoms with Gasteiger partial charge in [-0.25, -0.2) is 0 Å². The van der Waals surface area contributed by atoms with Crippen LogP contribution in [0.2, 0.25) is 0 Å². The number of nitrogens with zero attached hydrogens (tertiary/aromatic N) is 3. The summed E-state index contributed by atoms with van der Waals surface area (Å²) in [6.07, 6.45) is 15.2. The first-order valence-electron chi connectivity index (χ1n) is 16.4. The summed E-state index contributed by atoms with van der Waals surface area (Å²) < 4.78 is 111. The molecule has 14 heteroatoms. The summed E-state index contributed by atoms with van der Waals surface area (Å²) in [6.45, 7) is 19.7. The Labute approximate surface area is 294 Å². The normalized spacial score (nSPS) is 11.7. The minimum absolute atomic E-state index is 0. The average Bonchev–Trinajstić information content (AvgIpc) is 3.46.